The van der Waals surface area contributed by atoms with Crippen molar-refractivity contribution in [2.45, 2.75) is 33.4 Å². The summed E-state index contributed by atoms with van der Waals surface area (Å²) in [6.07, 6.45) is 1.81. The molecule has 2 heterocycles. The Balaban J connectivity index is 1.56. The first-order valence-electron chi connectivity index (χ1n) is 13.7. The summed E-state index contributed by atoms with van der Waals surface area (Å²) >= 11 is 1.27. The van der Waals surface area contributed by atoms with Crippen molar-refractivity contribution < 1.29 is 23.7 Å². The Kier molecular flexibility index (Phi) is 8.88. The Morgan fingerprint density at radius 3 is 2.43 bits per heavy atom. The average molecular weight is 585 g/mol. The summed E-state index contributed by atoms with van der Waals surface area (Å²) in [6.45, 7) is 6.51. The third kappa shape index (κ3) is 6.01. The molecular weight excluding hydrogens is 552 g/mol. The second-order valence-electron chi connectivity index (χ2n) is 9.49. The van der Waals surface area contributed by atoms with E-state index in [0.29, 0.717) is 51.1 Å². The zero-order chi connectivity index (χ0) is 29.6. The molecule has 9 heteroatoms. The Bertz CT molecular complexity index is 1790. The van der Waals surface area contributed by atoms with Crippen LogP contribution in [-0.4, -0.2) is 30.9 Å². The van der Waals surface area contributed by atoms with Gasteiger partial charge in [-0.3, -0.25) is 9.36 Å². The summed E-state index contributed by atoms with van der Waals surface area (Å²) in [6, 6.07) is 22.1. The molecule has 1 atom stereocenters. The average Bonchev–Trinajstić information content (AvgIpc) is 3.30. The van der Waals surface area contributed by atoms with Crippen LogP contribution < -0.4 is 29.1 Å². The van der Waals surface area contributed by atoms with E-state index in [4.69, 9.17) is 18.9 Å². The van der Waals surface area contributed by atoms with Gasteiger partial charge in [0.2, 0.25) is 0 Å². The van der Waals surface area contributed by atoms with Gasteiger partial charge in [-0.15, -0.1) is 0 Å². The van der Waals surface area contributed by atoms with Crippen LogP contribution in [0.15, 0.2) is 93.9 Å². The minimum Gasteiger partial charge on any atom is -0.497 e. The maximum Gasteiger partial charge on any atom is 0.338 e. The summed E-state index contributed by atoms with van der Waals surface area (Å²) in [5, 5.41) is 0. The van der Waals surface area contributed by atoms with Gasteiger partial charge in [-0.2, -0.15) is 0 Å². The highest BCUT2D eigenvalue weighted by molar-refractivity contribution is 7.07. The topological polar surface area (TPSA) is 88.4 Å². The lowest BCUT2D eigenvalue weighted by Gasteiger charge is -2.24. The number of allylic oxidation sites excluding steroid dienone is 1. The number of aromatic nitrogens is 1. The number of hydrogen-bond acceptors (Lipinski definition) is 8. The number of ether oxygens (including phenoxy) is 4. The van der Waals surface area contributed by atoms with E-state index in [2.05, 4.69) is 4.99 Å². The van der Waals surface area contributed by atoms with Crippen molar-refractivity contribution in [1.29, 1.82) is 0 Å². The molecule has 8 nitrogen and oxygen atoms in total. The second-order valence-corrected chi connectivity index (χ2v) is 10.5. The number of methoxy groups -OCH3 is 1. The minimum atomic E-state index is -0.693. The molecule has 3 aromatic carbocycles. The van der Waals surface area contributed by atoms with Crippen LogP contribution in [0, 0.1) is 0 Å². The lowest BCUT2D eigenvalue weighted by molar-refractivity contribution is -0.139. The quantitative estimate of drug-likeness (QED) is 0.249. The van der Waals surface area contributed by atoms with Gasteiger partial charge in [-0.1, -0.05) is 59.9 Å². The number of thiazole rings is 1. The third-order valence-corrected chi connectivity index (χ3v) is 7.73. The van der Waals surface area contributed by atoms with E-state index >= 15 is 0 Å². The molecule has 0 saturated carbocycles. The smallest absolute Gasteiger partial charge is 0.338 e. The molecule has 1 aliphatic heterocycles. The lowest BCUT2D eigenvalue weighted by atomic mass is 9.96. The number of hydrogen-bond donors (Lipinski definition) is 0. The highest BCUT2D eigenvalue weighted by Gasteiger charge is 2.33. The summed E-state index contributed by atoms with van der Waals surface area (Å²) in [7, 11) is 1.59. The standard InChI is InChI=1S/C33H32N2O6S/c1-5-39-27-18-23(12-17-26(27)41-20-22-10-8-7-9-11-22)19-28-31(36)35-30(24-13-15-25(38-4)16-14-24)29(32(37)40-6-2)21(3)34-33(35)42-28/h7-19,30H,5-6,20H2,1-4H3/t30-/m0/s1. The highest BCUT2D eigenvalue weighted by Crippen LogP contribution is 2.32. The van der Waals surface area contributed by atoms with E-state index in [9.17, 15) is 9.59 Å². The molecule has 4 aromatic rings. The van der Waals surface area contributed by atoms with Gasteiger partial charge in [0.15, 0.2) is 16.3 Å². The van der Waals surface area contributed by atoms with Gasteiger partial charge < -0.3 is 18.9 Å². The molecule has 0 bridgehead atoms. The van der Waals surface area contributed by atoms with Crippen molar-refractivity contribution in [3.05, 3.63) is 120 Å². The predicted octanol–water partition coefficient (Wildman–Crippen LogP) is 4.78. The number of carbonyl (C=O) groups is 1. The van der Waals surface area contributed by atoms with E-state index in [1.807, 2.05) is 73.7 Å². The maximum absolute atomic E-state index is 13.9. The van der Waals surface area contributed by atoms with Crippen LogP contribution in [0.4, 0.5) is 0 Å². The molecule has 0 saturated heterocycles. The number of benzene rings is 3. The van der Waals surface area contributed by atoms with Crippen LogP contribution in [0.5, 0.6) is 17.2 Å². The molecule has 0 N–H and O–H groups in total. The monoisotopic (exact) mass is 584 g/mol. The van der Waals surface area contributed by atoms with Crippen LogP contribution >= 0.6 is 11.3 Å². The number of rotatable bonds is 10. The Morgan fingerprint density at radius 2 is 1.74 bits per heavy atom. The molecule has 216 valence electrons. The Morgan fingerprint density at radius 1 is 0.976 bits per heavy atom. The number of esters is 1. The van der Waals surface area contributed by atoms with Crippen LogP contribution in [0.2, 0.25) is 0 Å². The molecule has 0 radical (unpaired) electrons. The molecule has 42 heavy (non-hydrogen) atoms. The largest absolute Gasteiger partial charge is 0.497 e. The van der Waals surface area contributed by atoms with Gasteiger partial charge >= 0.3 is 5.97 Å². The van der Waals surface area contributed by atoms with Crippen LogP contribution in [-0.2, 0) is 16.1 Å². The summed E-state index contributed by atoms with van der Waals surface area (Å²) < 4.78 is 24.6. The number of nitrogens with zero attached hydrogens (tertiary/aromatic N) is 2. The van der Waals surface area contributed by atoms with Gasteiger partial charge in [0.25, 0.3) is 5.56 Å². The number of fused-ring (bicyclic) bond motifs is 1. The van der Waals surface area contributed by atoms with Crippen LogP contribution in [0.3, 0.4) is 0 Å². The lowest BCUT2D eigenvalue weighted by Crippen LogP contribution is -2.39. The first kappa shape index (κ1) is 28.9. The molecule has 0 spiro atoms. The molecule has 0 amide bonds. The van der Waals surface area contributed by atoms with Crippen molar-refractivity contribution in [3.8, 4) is 17.2 Å². The van der Waals surface area contributed by atoms with E-state index < -0.39 is 12.0 Å². The zero-order valence-electron chi connectivity index (χ0n) is 24.0. The number of carbonyl (C=O) groups excluding carboxylic acids is 1. The molecule has 1 aromatic heterocycles. The maximum atomic E-state index is 13.9. The van der Waals surface area contributed by atoms with Crippen LogP contribution in [0.25, 0.3) is 6.08 Å². The SMILES string of the molecule is CCOC(=O)C1=C(C)N=c2sc(=Cc3ccc(OCc4ccccc4)c(OCC)c3)c(=O)n2[C@H]1c1ccc(OC)cc1. The van der Waals surface area contributed by atoms with Gasteiger partial charge in [0.05, 0.1) is 42.2 Å². The van der Waals surface area contributed by atoms with E-state index in [1.54, 1.807) is 37.7 Å². The Hall–Kier alpha value is -4.63. The molecule has 0 fully saturated rings. The van der Waals surface area contributed by atoms with E-state index in [1.165, 1.54) is 11.3 Å². The van der Waals surface area contributed by atoms with E-state index in [-0.39, 0.29) is 12.2 Å². The fourth-order valence-electron chi connectivity index (χ4n) is 4.78. The molecule has 0 unspecified atom stereocenters. The summed E-state index contributed by atoms with van der Waals surface area (Å²) in [4.78, 5) is 32.2. The van der Waals surface area contributed by atoms with Crippen molar-refractivity contribution in [3.63, 3.8) is 0 Å². The molecule has 5 rings (SSSR count). The molecule has 0 aliphatic carbocycles. The van der Waals surface area contributed by atoms with E-state index in [0.717, 1.165) is 16.7 Å². The van der Waals surface area contributed by atoms with Crippen molar-refractivity contribution in [1.82, 2.24) is 4.57 Å². The first-order valence-corrected chi connectivity index (χ1v) is 14.5. The van der Waals surface area contributed by atoms with Gasteiger partial charge in [-0.25, -0.2) is 9.79 Å². The fraction of sp³-hybridized carbons (Fsp3) is 0.242. The van der Waals surface area contributed by atoms with Crippen molar-refractivity contribution in [2.75, 3.05) is 20.3 Å². The van der Waals surface area contributed by atoms with Gasteiger partial charge in [0, 0.05) is 0 Å². The first-order chi connectivity index (χ1) is 20.4. The Labute approximate surface area is 247 Å². The van der Waals surface area contributed by atoms with Gasteiger partial charge in [0.1, 0.15) is 12.4 Å². The summed E-state index contributed by atoms with van der Waals surface area (Å²) in [5.41, 5.74) is 3.17. The van der Waals surface area contributed by atoms with Gasteiger partial charge in [-0.05, 0) is 67.8 Å². The van der Waals surface area contributed by atoms with Crippen molar-refractivity contribution in [2.24, 2.45) is 4.99 Å². The highest BCUT2D eigenvalue weighted by atomic mass is 32.1. The van der Waals surface area contributed by atoms with Crippen LogP contribution in [0.1, 0.15) is 43.5 Å². The van der Waals surface area contributed by atoms with Crippen molar-refractivity contribution >= 4 is 23.4 Å². The molecular formula is C33H32N2O6S. The fourth-order valence-corrected chi connectivity index (χ4v) is 5.83. The molecule has 1 aliphatic rings. The normalized spacial score (nSPS) is 14.7. The third-order valence-electron chi connectivity index (χ3n) is 6.75. The summed E-state index contributed by atoms with van der Waals surface area (Å²) in [5.74, 6) is 1.38. The second kappa shape index (κ2) is 12.9. The predicted molar refractivity (Wildman–Crippen MR) is 162 cm³/mol. The zero-order valence-corrected chi connectivity index (χ0v) is 24.8. The minimum absolute atomic E-state index is 0.211.